The highest BCUT2D eigenvalue weighted by molar-refractivity contribution is 5.19. The monoisotopic (exact) mass is 311 g/mol. The van der Waals surface area contributed by atoms with Gasteiger partial charge in [-0.3, -0.25) is 0 Å². The Hall–Kier alpha value is -1.00. The van der Waals surface area contributed by atoms with Gasteiger partial charge in [0, 0.05) is 12.1 Å². The standard InChI is InChI=1S/C18H29F2N2/c1-3-5-6-14(4-2)13-22-8-7-18(21)11-15-9-16(19)12-17(20)10-15/h7,9-10,12,14,18,22H,3-6,8,11,13,21H2,1-2H3/t14?,18-/m0/s1. The van der Waals surface area contributed by atoms with Gasteiger partial charge in [-0.1, -0.05) is 33.1 Å². The molecule has 2 atom stereocenters. The van der Waals surface area contributed by atoms with Crippen molar-refractivity contribution in [3.63, 3.8) is 0 Å². The number of hydrogen-bond acceptors (Lipinski definition) is 2. The van der Waals surface area contributed by atoms with Crippen LogP contribution in [0, 0.1) is 24.0 Å². The molecule has 0 bridgehead atoms. The Morgan fingerprint density at radius 3 is 2.45 bits per heavy atom. The number of nitrogens with two attached hydrogens (primary N) is 1. The molecule has 0 aliphatic heterocycles. The summed E-state index contributed by atoms with van der Waals surface area (Å²) in [4.78, 5) is 0. The van der Waals surface area contributed by atoms with Crippen LogP contribution in [-0.4, -0.2) is 19.1 Å². The molecule has 0 fully saturated rings. The minimum absolute atomic E-state index is 0.204. The fraction of sp³-hybridized carbons (Fsp3) is 0.611. The van der Waals surface area contributed by atoms with Crippen LogP contribution in [0.15, 0.2) is 18.2 Å². The highest BCUT2D eigenvalue weighted by atomic mass is 19.1. The predicted octanol–water partition coefficient (Wildman–Crippen LogP) is 3.84. The van der Waals surface area contributed by atoms with Gasteiger partial charge in [-0.15, -0.1) is 0 Å². The van der Waals surface area contributed by atoms with Gasteiger partial charge in [-0.25, -0.2) is 8.78 Å². The van der Waals surface area contributed by atoms with Crippen LogP contribution in [0.2, 0.25) is 0 Å². The largest absolute Gasteiger partial charge is 0.327 e. The lowest BCUT2D eigenvalue weighted by Gasteiger charge is -2.17. The van der Waals surface area contributed by atoms with Crippen LogP contribution >= 0.6 is 0 Å². The molecule has 0 saturated carbocycles. The van der Waals surface area contributed by atoms with E-state index in [0.717, 1.165) is 19.2 Å². The van der Waals surface area contributed by atoms with E-state index in [1.165, 1.54) is 37.8 Å². The Morgan fingerprint density at radius 1 is 1.18 bits per heavy atom. The molecule has 1 unspecified atom stereocenters. The van der Waals surface area contributed by atoms with Gasteiger partial charge in [0.15, 0.2) is 0 Å². The lowest BCUT2D eigenvalue weighted by molar-refractivity contribution is 0.424. The number of benzene rings is 1. The third-order valence-corrected chi connectivity index (χ3v) is 3.93. The van der Waals surface area contributed by atoms with Crippen molar-refractivity contribution in [1.82, 2.24) is 5.32 Å². The topological polar surface area (TPSA) is 38.0 Å². The summed E-state index contributed by atoms with van der Waals surface area (Å²) >= 11 is 0. The molecule has 125 valence electrons. The Bertz CT molecular complexity index is 403. The highest BCUT2D eigenvalue weighted by Crippen LogP contribution is 2.12. The fourth-order valence-electron chi connectivity index (χ4n) is 2.55. The molecular formula is C18H29F2N2. The van der Waals surface area contributed by atoms with E-state index in [9.17, 15) is 8.78 Å². The van der Waals surface area contributed by atoms with Gasteiger partial charge in [0.25, 0.3) is 0 Å². The summed E-state index contributed by atoms with van der Waals surface area (Å²) in [7, 11) is 0. The average molecular weight is 311 g/mol. The van der Waals surface area contributed by atoms with Crippen molar-refractivity contribution < 1.29 is 8.78 Å². The van der Waals surface area contributed by atoms with Crippen molar-refractivity contribution in [2.75, 3.05) is 13.1 Å². The number of halogens is 2. The van der Waals surface area contributed by atoms with E-state index in [1.54, 1.807) is 0 Å². The van der Waals surface area contributed by atoms with Crippen molar-refractivity contribution in [1.29, 1.82) is 0 Å². The molecule has 0 aliphatic carbocycles. The number of nitrogens with one attached hydrogen (secondary N) is 1. The first-order chi connectivity index (χ1) is 10.5. The summed E-state index contributed by atoms with van der Waals surface area (Å²) in [5, 5.41) is 3.40. The number of hydrogen-bond donors (Lipinski definition) is 2. The second kappa shape index (κ2) is 10.7. The SMILES string of the molecule is CCCCC(CC)CNC[CH][C@H](N)Cc1cc(F)cc(F)c1. The molecule has 3 N–H and O–H groups in total. The quantitative estimate of drug-likeness (QED) is 0.609. The third-order valence-electron chi connectivity index (χ3n) is 3.93. The predicted molar refractivity (Wildman–Crippen MR) is 88.5 cm³/mol. The first kappa shape index (κ1) is 19.0. The van der Waals surface area contributed by atoms with E-state index < -0.39 is 11.6 Å². The van der Waals surface area contributed by atoms with Gasteiger partial charge in [-0.2, -0.15) is 0 Å². The highest BCUT2D eigenvalue weighted by Gasteiger charge is 2.09. The summed E-state index contributed by atoms with van der Waals surface area (Å²) in [6, 6.07) is 3.34. The summed E-state index contributed by atoms with van der Waals surface area (Å²) in [6.07, 6.45) is 7.36. The minimum Gasteiger partial charge on any atom is -0.327 e. The summed E-state index contributed by atoms with van der Waals surface area (Å²) in [6.45, 7) is 6.15. The van der Waals surface area contributed by atoms with E-state index in [2.05, 4.69) is 19.2 Å². The van der Waals surface area contributed by atoms with E-state index >= 15 is 0 Å². The van der Waals surface area contributed by atoms with Crippen LogP contribution in [0.25, 0.3) is 0 Å². The van der Waals surface area contributed by atoms with Gasteiger partial charge < -0.3 is 11.1 Å². The smallest absolute Gasteiger partial charge is 0.126 e. The van der Waals surface area contributed by atoms with Crippen LogP contribution in [0.4, 0.5) is 8.78 Å². The van der Waals surface area contributed by atoms with Crippen LogP contribution in [0.5, 0.6) is 0 Å². The maximum Gasteiger partial charge on any atom is 0.126 e. The van der Waals surface area contributed by atoms with Crippen molar-refractivity contribution in [3.05, 3.63) is 41.8 Å². The molecule has 1 rings (SSSR count). The molecule has 0 spiro atoms. The van der Waals surface area contributed by atoms with Gasteiger partial charge in [0.1, 0.15) is 11.6 Å². The van der Waals surface area contributed by atoms with Gasteiger partial charge in [-0.05, 0) is 56.0 Å². The third kappa shape index (κ3) is 7.85. The summed E-state index contributed by atoms with van der Waals surface area (Å²) in [5.41, 5.74) is 6.59. The van der Waals surface area contributed by atoms with E-state index in [-0.39, 0.29) is 6.04 Å². The Labute approximate surface area is 133 Å². The zero-order valence-electron chi connectivity index (χ0n) is 13.7. The lowest BCUT2D eigenvalue weighted by atomic mass is 9.99. The van der Waals surface area contributed by atoms with Gasteiger partial charge in [0.05, 0.1) is 0 Å². The van der Waals surface area contributed by atoms with Crippen molar-refractivity contribution in [2.24, 2.45) is 11.7 Å². The molecule has 1 aromatic rings. The van der Waals surface area contributed by atoms with Crippen LogP contribution in [-0.2, 0) is 6.42 Å². The van der Waals surface area contributed by atoms with Crippen molar-refractivity contribution in [3.8, 4) is 0 Å². The molecule has 0 saturated heterocycles. The maximum absolute atomic E-state index is 13.1. The van der Waals surface area contributed by atoms with Gasteiger partial charge >= 0.3 is 0 Å². The molecule has 0 amide bonds. The van der Waals surface area contributed by atoms with Crippen LogP contribution in [0.1, 0.15) is 45.1 Å². The minimum atomic E-state index is -0.554. The molecule has 22 heavy (non-hydrogen) atoms. The molecule has 1 aromatic carbocycles. The lowest BCUT2D eigenvalue weighted by Crippen LogP contribution is -2.31. The summed E-state index contributed by atoms with van der Waals surface area (Å²) < 4.78 is 26.2. The molecule has 4 heteroatoms. The van der Waals surface area contributed by atoms with Crippen LogP contribution in [0.3, 0.4) is 0 Å². The Kier molecular flexibility index (Phi) is 9.25. The van der Waals surface area contributed by atoms with E-state index in [4.69, 9.17) is 5.73 Å². The van der Waals surface area contributed by atoms with Gasteiger partial charge in [0.2, 0.25) is 0 Å². The molecule has 0 aromatic heterocycles. The second-order valence-corrected chi connectivity index (χ2v) is 5.96. The van der Waals surface area contributed by atoms with Crippen molar-refractivity contribution in [2.45, 2.75) is 52.0 Å². The van der Waals surface area contributed by atoms with Crippen LogP contribution < -0.4 is 11.1 Å². The molecule has 0 aliphatic rings. The maximum atomic E-state index is 13.1. The zero-order valence-corrected chi connectivity index (χ0v) is 13.7. The first-order valence-electron chi connectivity index (χ1n) is 8.29. The van der Waals surface area contributed by atoms with Crippen molar-refractivity contribution >= 4 is 0 Å². The normalized spacial score (nSPS) is 14.0. The summed E-state index contributed by atoms with van der Waals surface area (Å²) in [5.74, 6) is -0.397. The molecule has 1 radical (unpaired) electrons. The molecular weight excluding hydrogens is 282 g/mol. The van der Waals surface area contributed by atoms with E-state index in [1.807, 2.05) is 6.42 Å². The Morgan fingerprint density at radius 2 is 1.86 bits per heavy atom. The fourth-order valence-corrected chi connectivity index (χ4v) is 2.55. The first-order valence-corrected chi connectivity index (χ1v) is 8.29. The number of unbranched alkanes of at least 4 members (excludes halogenated alkanes) is 1. The molecule has 0 heterocycles. The molecule has 2 nitrogen and oxygen atoms in total. The second-order valence-electron chi connectivity index (χ2n) is 5.96. The van der Waals surface area contributed by atoms with E-state index in [0.29, 0.717) is 17.9 Å². The zero-order chi connectivity index (χ0) is 16.4. The Balaban J connectivity index is 2.24. The number of rotatable bonds is 11. The average Bonchev–Trinajstić information content (AvgIpc) is 2.45.